The van der Waals surface area contributed by atoms with Crippen LogP contribution in [0.3, 0.4) is 0 Å². The van der Waals surface area contributed by atoms with Crippen LogP contribution in [-0.2, 0) is 14.4 Å². The van der Waals surface area contributed by atoms with Crippen molar-refractivity contribution >= 4 is 69.7 Å². The minimum absolute atomic E-state index is 0.0871. The molecule has 2 aliphatic rings. The molecule has 158 valence electrons. The number of carbonyl (C=O) groups excluding carboxylic acids is 3. The number of thiol groups is 1. The van der Waals surface area contributed by atoms with Crippen LogP contribution in [0.1, 0.15) is 12.1 Å². The van der Waals surface area contributed by atoms with Gasteiger partial charge >= 0.3 is 0 Å². The molecule has 0 aliphatic carbocycles. The van der Waals surface area contributed by atoms with Gasteiger partial charge in [-0.1, -0.05) is 29.0 Å². The molecule has 1 aromatic heterocycles. The maximum Gasteiger partial charge on any atom is 0.276 e. The Morgan fingerprint density at radius 2 is 2.23 bits per heavy atom. The maximum atomic E-state index is 12.7. The number of amides is 2. The summed E-state index contributed by atoms with van der Waals surface area (Å²) in [6.45, 7) is 0. The number of β-lactam (4-membered cyclic amide) rings is 1. The summed E-state index contributed by atoms with van der Waals surface area (Å²) >= 11 is 6.33. The van der Waals surface area contributed by atoms with E-state index in [9.17, 15) is 19.6 Å². The molecule has 3 rings (SSSR count). The second-order valence-electron chi connectivity index (χ2n) is 6.03. The Morgan fingerprint density at radius 3 is 2.83 bits per heavy atom. The number of nitrogens with two attached hydrogens (primary N) is 1. The molecule has 0 saturated carbocycles. The van der Waals surface area contributed by atoms with Crippen LogP contribution in [-0.4, -0.2) is 66.3 Å². The molecule has 11 nitrogen and oxygen atoms in total. The first kappa shape index (κ1) is 21.9. The molecular formula is C16H16N6O5S3. The van der Waals surface area contributed by atoms with Crippen LogP contribution in [0.4, 0.5) is 5.13 Å². The Balaban J connectivity index is 1.75. The third-order valence-electron chi connectivity index (χ3n) is 4.27. The number of aromatic nitrogens is 1. The van der Waals surface area contributed by atoms with Crippen LogP contribution in [0.25, 0.3) is 0 Å². The van der Waals surface area contributed by atoms with Crippen LogP contribution < -0.4 is 11.1 Å². The molecule has 0 bridgehead atoms. The maximum absolute atomic E-state index is 12.7. The van der Waals surface area contributed by atoms with E-state index in [-0.39, 0.29) is 22.2 Å². The highest BCUT2D eigenvalue weighted by Gasteiger charge is 2.53. The Bertz CT molecular complexity index is 1000. The number of nitrogen functional groups attached to an aromatic ring is 1. The number of nitrogens with zero attached hydrogens (tertiary/aromatic N) is 4. The molecule has 0 radical (unpaired) electrons. The zero-order valence-corrected chi connectivity index (χ0v) is 17.7. The number of thiazole rings is 1. The van der Waals surface area contributed by atoms with Crippen LogP contribution in [0.5, 0.6) is 0 Å². The Labute approximate surface area is 183 Å². The zero-order valence-electron chi connectivity index (χ0n) is 15.1. The summed E-state index contributed by atoms with van der Waals surface area (Å²) in [4.78, 5) is 42.4. The fourth-order valence-corrected chi connectivity index (χ4v) is 5.14. The smallest absolute Gasteiger partial charge is 0.276 e. The van der Waals surface area contributed by atoms with Crippen molar-refractivity contribution in [3.63, 3.8) is 0 Å². The van der Waals surface area contributed by atoms with Gasteiger partial charge in [0, 0.05) is 11.1 Å². The highest BCUT2D eigenvalue weighted by atomic mass is 32.2. The first-order valence-corrected chi connectivity index (χ1v) is 10.7. The Hall–Kier alpha value is -2.84. The van der Waals surface area contributed by atoms with Crippen molar-refractivity contribution in [1.82, 2.24) is 15.2 Å². The van der Waals surface area contributed by atoms with Crippen molar-refractivity contribution in [3.05, 3.63) is 34.5 Å². The molecule has 1 saturated heterocycles. The number of allylic oxidation sites excluding steroid dienone is 2. The first-order chi connectivity index (χ1) is 14.4. The number of thioether (sulfide) groups is 1. The minimum Gasteiger partial charge on any atom is -0.411 e. The van der Waals surface area contributed by atoms with Crippen molar-refractivity contribution in [2.24, 2.45) is 10.3 Å². The molecule has 0 aromatic carbocycles. The van der Waals surface area contributed by atoms with E-state index in [0.717, 1.165) is 11.3 Å². The average molecular weight is 469 g/mol. The fourth-order valence-electron chi connectivity index (χ4n) is 2.97. The highest BCUT2D eigenvalue weighted by Crippen LogP contribution is 2.41. The van der Waals surface area contributed by atoms with E-state index < -0.39 is 28.3 Å². The fraction of sp³-hybridized carbons (Fsp3) is 0.250. The van der Waals surface area contributed by atoms with Gasteiger partial charge in [-0.2, -0.15) is 0 Å². The third kappa shape index (κ3) is 4.20. The molecule has 1 aromatic rings. The Kier molecular flexibility index (Phi) is 6.79. The minimum atomic E-state index is -0.906. The van der Waals surface area contributed by atoms with Gasteiger partial charge in [0.2, 0.25) is 5.12 Å². The molecule has 1 unspecified atom stereocenters. The summed E-state index contributed by atoms with van der Waals surface area (Å²) < 4.78 is 0. The quantitative estimate of drug-likeness (QED) is 0.126. The lowest BCUT2D eigenvalue weighted by Gasteiger charge is -2.49. The van der Waals surface area contributed by atoms with Gasteiger partial charge in [0.05, 0.1) is 11.9 Å². The Morgan fingerprint density at radius 1 is 1.47 bits per heavy atom. The summed E-state index contributed by atoms with van der Waals surface area (Å²) in [5.41, 5.74) is 6.11. The number of hydrogen-bond donors (Lipinski definition) is 5. The predicted octanol–water partition coefficient (Wildman–Crippen LogP) is 0.420. The molecule has 0 spiro atoms. The van der Waals surface area contributed by atoms with E-state index in [0.29, 0.717) is 17.7 Å². The summed E-state index contributed by atoms with van der Waals surface area (Å²) in [5, 5.41) is 26.5. The monoisotopic (exact) mass is 468 g/mol. The molecule has 1 fully saturated rings. The molecule has 2 amide bonds. The molecular weight excluding hydrogens is 452 g/mol. The van der Waals surface area contributed by atoms with Gasteiger partial charge in [0.1, 0.15) is 17.1 Å². The number of oxime groups is 2. The number of anilines is 1. The van der Waals surface area contributed by atoms with Gasteiger partial charge in [-0.05, 0) is 18.1 Å². The lowest BCUT2D eigenvalue weighted by molar-refractivity contribution is -0.146. The second kappa shape index (κ2) is 9.32. The SMILES string of the molecule is Nc1nc(/C(=N/O)C(=O)NC2C(=O)N3C(C(=O)S)=C(C/C=C\C=N\O)CS[C@H]23)cs1. The van der Waals surface area contributed by atoms with Crippen molar-refractivity contribution in [2.75, 3.05) is 11.5 Å². The summed E-state index contributed by atoms with van der Waals surface area (Å²) in [6.07, 6.45) is 4.73. The summed E-state index contributed by atoms with van der Waals surface area (Å²) in [5.74, 6) is -0.834. The number of fused-ring (bicyclic) bond motifs is 1. The normalized spacial score (nSPS) is 21.8. The van der Waals surface area contributed by atoms with Crippen LogP contribution in [0.2, 0.25) is 0 Å². The largest absolute Gasteiger partial charge is 0.411 e. The number of rotatable bonds is 7. The second-order valence-corrected chi connectivity index (χ2v) is 8.44. The van der Waals surface area contributed by atoms with Crippen LogP contribution >= 0.6 is 35.7 Å². The molecule has 2 atom stereocenters. The van der Waals surface area contributed by atoms with Gasteiger partial charge in [-0.25, -0.2) is 4.98 Å². The van der Waals surface area contributed by atoms with Gasteiger partial charge in [0.25, 0.3) is 11.8 Å². The number of hydrogen-bond acceptors (Lipinski definition) is 11. The first-order valence-electron chi connectivity index (χ1n) is 8.35. The van der Waals surface area contributed by atoms with Gasteiger partial charge < -0.3 is 21.5 Å². The molecule has 2 aliphatic heterocycles. The molecule has 5 N–H and O–H groups in total. The van der Waals surface area contributed by atoms with Crippen molar-refractivity contribution in [2.45, 2.75) is 17.8 Å². The van der Waals surface area contributed by atoms with E-state index >= 15 is 0 Å². The summed E-state index contributed by atoms with van der Waals surface area (Å²) in [6, 6.07) is -0.906. The number of carbonyl (C=O) groups is 3. The molecule has 30 heavy (non-hydrogen) atoms. The van der Waals surface area contributed by atoms with Gasteiger partial charge in [-0.15, -0.1) is 23.1 Å². The van der Waals surface area contributed by atoms with Crippen molar-refractivity contribution in [1.29, 1.82) is 0 Å². The van der Waals surface area contributed by atoms with Crippen LogP contribution in [0.15, 0.2) is 39.1 Å². The van der Waals surface area contributed by atoms with E-state index in [2.05, 4.69) is 33.2 Å². The van der Waals surface area contributed by atoms with E-state index in [4.69, 9.17) is 10.9 Å². The lowest BCUT2D eigenvalue weighted by Crippen LogP contribution is -2.70. The lowest BCUT2D eigenvalue weighted by atomic mass is 10.0. The van der Waals surface area contributed by atoms with Gasteiger partial charge in [0.15, 0.2) is 10.8 Å². The molecule has 14 heteroatoms. The topological polar surface area (TPSA) is 171 Å². The van der Waals surface area contributed by atoms with Gasteiger partial charge in [-0.3, -0.25) is 19.3 Å². The third-order valence-corrected chi connectivity index (χ3v) is 6.49. The highest BCUT2D eigenvalue weighted by molar-refractivity contribution is 8.00. The number of nitrogens with one attached hydrogen (secondary N) is 1. The average Bonchev–Trinajstić information content (AvgIpc) is 3.15. The van der Waals surface area contributed by atoms with Crippen LogP contribution in [0, 0.1) is 0 Å². The zero-order chi connectivity index (χ0) is 21.8. The summed E-state index contributed by atoms with van der Waals surface area (Å²) in [7, 11) is 0. The molecule has 3 heterocycles. The van der Waals surface area contributed by atoms with Crippen molar-refractivity contribution in [3.8, 4) is 0 Å². The van der Waals surface area contributed by atoms with Crippen molar-refractivity contribution < 1.29 is 24.8 Å². The standard InChI is InChI=1S/C16H16N6O5S3/c17-16-19-8(6-30-16)9(21-27)12(23)20-10-13(24)22-11(15(25)28)7(5-29-14(10)22)3-1-2-4-18-26/h1-2,4,6,10,14,26-27H,3,5H2,(H2,17,19)(H,20,23)(H,25,28)/b2-1-,18-4+,21-9-/t10?,14-/m1/s1. The van der Waals surface area contributed by atoms with E-state index in [1.165, 1.54) is 34.3 Å². The predicted molar refractivity (Wildman–Crippen MR) is 115 cm³/mol. The van der Waals surface area contributed by atoms with E-state index in [1.807, 2.05) is 0 Å². The van der Waals surface area contributed by atoms with E-state index in [1.54, 1.807) is 6.08 Å².